The van der Waals surface area contributed by atoms with Gasteiger partial charge in [0.05, 0.1) is 10.7 Å². The average molecular weight is 249 g/mol. The molecule has 2 rings (SSSR count). The maximum absolute atomic E-state index is 10.0. The lowest BCUT2D eigenvalue weighted by Crippen LogP contribution is -2.06. The molecule has 90 valence electrons. The molecule has 2 heterocycles. The second-order valence-corrected chi connectivity index (χ2v) is 5.38. The highest BCUT2D eigenvalue weighted by Crippen LogP contribution is 2.21. The highest BCUT2D eigenvalue weighted by atomic mass is 32.1. The van der Waals surface area contributed by atoms with Gasteiger partial charge < -0.3 is 5.11 Å². The molecular formula is C12H15N3OS. The zero-order valence-corrected chi connectivity index (χ0v) is 11.0. The van der Waals surface area contributed by atoms with Crippen LogP contribution in [0.25, 0.3) is 0 Å². The number of thiazole rings is 1. The summed E-state index contributed by atoms with van der Waals surface area (Å²) in [6, 6.07) is 0. The number of hydrogen-bond donors (Lipinski definition) is 1. The van der Waals surface area contributed by atoms with Gasteiger partial charge in [-0.05, 0) is 26.3 Å². The number of aliphatic hydroxyl groups excluding tert-OH is 1. The molecule has 0 aliphatic rings. The van der Waals surface area contributed by atoms with E-state index < -0.39 is 6.10 Å². The van der Waals surface area contributed by atoms with Crippen LogP contribution >= 0.6 is 11.3 Å². The van der Waals surface area contributed by atoms with Gasteiger partial charge in [0.25, 0.3) is 0 Å². The zero-order chi connectivity index (χ0) is 12.4. The van der Waals surface area contributed by atoms with Gasteiger partial charge in [0.15, 0.2) is 5.82 Å². The molecule has 2 aromatic heterocycles. The first-order chi connectivity index (χ1) is 8.06. The molecular weight excluding hydrogens is 234 g/mol. The van der Waals surface area contributed by atoms with Crippen molar-refractivity contribution in [3.63, 3.8) is 0 Å². The lowest BCUT2D eigenvalue weighted by molar-refractivity contribution is 0.168. The van der Waals surface area contributed by atoms with Crippen LogP contribution in [0.3, 0.4) is 0 Å². The maximum Gasteiger partial charge on any atom is 0.157 e. The Hall–Kier alpha value is -1.33. The summed E-state index contributed by atoms with van der Waals surface area (Å²) in [6.45, 7) is 5.93. The van der Waals surface area contributed by atoms with Crippen molar-refractivity contribution in [3.8, 4) is 0 Å². The van der Waals surface area contributed by atoms with E-state index in [9.17, 15) is 5.11 Å². The summed E-state index contributed by atoms with van der Waals surface area (Å²) >= 11 is 1.61. The molecule has 1 N–H and O–H groups in total. The van der Waals surface area contributed by atoms with Crippen molar-refractivity contribution in [2.75, 3.05) is 0 Å². The molecule has 1 unspecified atom stereocenters. The zero-order valence-electron chi connectivity index (χ0n) is 10.1. The number of aryl methyl sites for hydroxylation is 3. The molecule has 0 saturated carbocycles. The lowest BCUT2D eigenvalue weighted by atomic mass is 10.2. The SMILES string of the molecule is Cc1cnc(C(O)Cc2nc(C)c(C)s2)nc1. The highest BCUT2D eigenvalue weighted by Gasteiger charge is 2.14. The van der Waals surface area contributed by atoms with Gasteiger partial charge in [-0.15, -0.1) is 11.3 Å². The monoisotopic (exact) mass is 249 g/mol. The molecule has 0 spiro atoms. The van der Waals surface area contributed by atoms with Crippen molar-refractivity contribution in [2.24, 2.45) is 0 Å². The van der Waals surface area contributed by atoms with Crippen LogP contribution in [0, 0.1) is 20.8 Å². The van der Waals surface area contributed by atoms with Crippen molar-refractivity contribution in [1.29, 1.82) is 0 Å². The van der Waals surface area contributed by atoms with Crippen molar-refractivity contribution in [3.05, 3.63) is 39.4 Å². The fraction of sp³-hybridized carbons (Fsp3) is 0.417. The summed E-state index contributed by atoms with van der Waals surface area (Å²) in [4.78, 5) is 13.8. The second kappa shape index (κ2) is 4.89. The lowest BCUT2D eigenvalue weighted by Gasteiger charge is -2.06. The minimum Gasteiger partial charge on any atom is -0.385 e. The van der Waals surface area contributed by atoms with Crippen LogP contribution in [0.15, 0.2) is 12.4 Å². The average Bonchev–Trinajstić information content (AvgIpc) is 2.58. The van der Waals surface area contributed by atoms with E-state index in [1.165, 1.54) is 4.88 Å². The molecule has 0 radical (unpaired) electrons. The standard InChI is InChI=1S/C12H15N3OS/c1-7-5-13-12(14-6-7)10(16)4-11-15-8(2)9(3)17-11/h5-6,10,16H,4H2,1-3H3. The van der Waals surface area contributed by atoms with Crippen LogP contribution in [-0.2, 0) is 6.42 Å². The molecule has 0 aliphatic heterocycles. The quantitative estimate of drug-likeness (QED) is 0.905. The Morgan fingerprint density at radius 2 is 1.88 bits per heavy atom. The van der Waals surface area contributed by atoms with Crippen LogP contribution in [-0.4, -0.2) is 20.1 Å². The first-order valence-electron chi connectivity index (χ1n) is 5.46. The third-order valence-corrected chi connectivity index (χ3v) is 3.63. The van der Waals surface area contributed by atoms with Gasteiger partial charge in [-0.1, -0.05) is 0 Å². The number of aliphatic hydroxyl groups is 1. The molecule has 0 aromatic carbocycles. The summed E-state index contributed by atoms with van der Waals surface area (Å²) in [6.07, 6.45) is 3.22. The molecule has 1 atom stereocenters. The van der Waals surface area contributed by atoms with Gasteiger partial charge in [-0.25, -0.2) is 15.0 Å². The minimum absolute atomic E-state index is 0.459. The normalized spacial score (nSPS) is 12.7. The van der Waals surface area contributed by atoms with Gasteiger partial charge in [0, 0.05) is 23.7 Å². The third-order valence-electron chi connectivity index (χ3n) is 2.54. The van der Waals surface area contributed by atoms with Crippen LogP contribution in [0.1, 0.15) is 33.1 Å². The van der Waals surface area contributed by atoms with E-state index in [0.29, 0.717) is 12.2 Å². The second-order valence-electron chi connectivity index (χ2n) is 4.09. The molecule has 2 aromatic rings. The number of hydrogen-bond acceptors (Lipinski definition) is 5. The van der Waals surface area contributed by atoms with Crippen molar-refractivity contribution < 1.29 is 5.11 Å². The Bertz CT molecular complexity index is 487. The molecule has 0 fully saturated rings. The van der Waals surface area contributed by atoms with Crippen molar-refractivity contribution in [1.82, 2.24) is 15.0 Å². The van der Waals surface area contributed by atoms with E-state index in [4.69, 9.17) is 0 Å². The first-order valence-corrected chi connectivity index (χ1v) is 6.27. The van der Waals surface area contributed by atoms with Crippen LogP contribution in [0.2, 0.25) is 0 Å². The Kier molecular flexibility index (Phi) is 3.49. The van der Waals surface area contributed by atoms with Gasteiger partial charge >= 0.3 is 0 Å². The van der Waals surface area contributed by atoms with Crippen LogP contribution < -0.4 is 0 Å². The van der Waals surface area contributed by atoms with Crippen LogP contribution in [0.5, 0.6) is 0 Å². The van der Waals surface area contributed by atoms with E-state index in [2.05, 4.69) is 15.0 Å². The van der Waals surface area contributed by atoms with Crippen LogP contribution in [0.4, 0.5) is 0 Å². The summed E-state index contributed by atoms with van der Waals surface area (Å²) < 4.78 is 0. The van der Waals surface area contributed by atoms with E-state index in [1.54, 1.807) is 23.7 Å². The predicted octanol–water partition coefficient (Wildman–Crippen LogP) is 2.13. The van der Waals surface area contributed by atoms with Crippen molar-refractivity contribution in [2.45, 2.75) is 33.3 Å². The Labute approximate surface area is 104 Å². The predicted molar refractivity (Wildman–Crippen MR) is 67.0 cm³/mol. The Morgan fingerprint density at radius 3 is 2.41 bits per heavy atom. The highest BCUT2D eigenvalue weighted by molar-refractivity contribution is 7.11. The Morgan fingerprint density at radius 1 is 1.24 bits per heavy atom. The Balaban J connectivity index is 2.11. The van der Waals surface area contributed by atoms with E-state index >= 15 is 0 Å². The van der Waals surface area contributed by atoms with E-state index in [0.717, 1.165) is 16.3 Å². The van der Waals surface area contributed by atoms with Crippen molar-refractivity contribution >= 4 is 11.3 Å². The summed E-state index contributed by atoms with van der Waals surface area (Å²) in [7, 11) is 0. The molecule has 0 amide bonds. The fourth-order valence-corrected chi connectivity index (χ4v) is 2.43. The third kappa shape index (κ3) is 2.87. The smallest absolute Gasteiger partial charge is 0.157 e. The van der Waals surface area contributed by atoms with Gasteiger partial charge in [-0.3, -0.25) is 0 Å². The summed E-state index contributed by atoms with van der Waals surface area (Å²) in [5.74, 6) is 0.459. The summed E-state index contributed by atoms with van der Waals surface area (Å²) in [5, 5.41) is 10.9. The molecule has 5 heteroatoms. The van der Waals surface area contributed by atoms with E-state index in [1.807, 2.05) is 20.8 Å². The molecule has 17 heavy (non-hydrogen) atoms. The first kappa shape index (κ1) is 12.1. The van der Waals surface area contributed by atoms with Gasteiger partial charge in [0.2, 0.25) is 0 Å². The molecule has 0 aliphatic carbocycles. The van der Waals surface area contributed by atoms with Gasteiger partial charge in [-0.2, -0.15) is 0 Å². The fourth-order valence-electron chi connectivity index (χ4n) is 1.46. The summed E-state index contributed by atoms with van der Waals surface area (Å²) in [5.41, 5.74) is 2.02. The molecule has 0 bridgehead atoms. The largest absolute Gasteiger partial charge is 0.385 e. The maximum atomic E-state index is 10.0. The van der Waals surface area contributed by atoms with Gasteiger partial charge in [0.1, 0.15) is 6.10 Å². The molecule has 0 saturated heterocycles. The van der Waals surface area contributed by atoms with E-state index in [-0.39, 0.29) is 0 Å². The molecule has 4 nitrogen and oxygen atoms in total. The number of aromatic nitrogens is 3. The number of nitrogens with zero attached hydrogens (tertiary/aromatic N) is 3. The number of rotatable bonds is 3. The topological polar surface area (TPSA) is 58.9 Å². The minimum atomic E-state index is -0.680.